The van der Waals surface area contributed by atoms with Crippen LogP contribution >= 0.6 is 0 Å². The highest BCUT2D eigenvalue weighted by Gasteiger charge is 1.96. The Bertz CT molecular complexity index is 405. The molecular formula is C28H52O2. The highest BCUT2D eigenvalue weighted by molar-refractivity contribution is 5.66. The van der Waals surface area contributed by atoms with Crippen LogP contribution in [0.3, 0.4) is 0 Å². The average molecular weight is 421 g/mol. The van der Waals surface area contributed by atoms with E-state index < -0.39 is 5.97 Å². The number of carbonyl (C=O) groups is 1. The summed E-state index contributed by atoms with van der Waals surface area (Å²) in [6, 6.07) is 0. The van der Waals surface area contributed by atoms with Gasteiger partial charge in [0.2, 0.25) is 0 Å². The van der Waals surface area contributed by atoms with Crippen LogP contribution < -0.4 is 0 Å². The summed E-state index contributed by atoms with van der Waals surface area (Å²) in [4.78, 5) is 10.4. The van der Waals surface area contributed by atoms with Crippen LogP contribution in [-0.4, -0.2) is 11.1 Å². The molecule has 0 aromatic carbocycles. The van der Waals surface area contributed by atoms with Crippen molar-refractivity contribution < 1.29 is 9.90 Å². The van der Waals surface area contributed by atoms with Crippen LogP contribution in [0.4, 0.5) is 0 Å². The average Bonchev–Trinajstić information content (AvgIpc) is 2.73. The van der Waals surface area contributed by atoms with Gasteiger partial charge in [-0.25, -0.2) is 0 Å². The maximum absolute atomic E-state index is 10.4. The first kappa shape index (κ1) is 29.0. The van der Waals surface area contributed by atoms with Gasteiger partial charge in [-0.05, 0) is 19.3 Å². The summed E-state index contributed by atoms with van der Waals surface area (Å²) in [7, 11) is 0. The lowest BCUT2D eigenvalue weighted by Gasteiger charge is -2.03. The summed E-state index contributed by atoms with van der Waals surface area (Å²) in [5.74, 6) is 5.96. The Morgan fingerprint density at radius 3 is 1.13 bits per heavy atom. The molecule has 0 aliphatic rings. The van der Waals surface area contributed by atoms with Crippen molar-refractivity contribution in [1.82, 2.24) is 0 Å². The highest BCUT2D eigenvalue weighted by atomic mass is 16.4. The summed E-state index contributed by atoms with van der Waals surface area (Å²) < 4.78 is 0. The molecule has 2 nitrogen and oxygen atoms in total. The van der Waals surface area contributed by atoms with Crippen molar-refractivity contribution in [3.63, 3.8) is 0 Å². The molecule has 0 fully saturated rings. The number of rotatable bonds is 23. The zero-order chi connectivity index (χ0) is 22.0. The Morgan fingerprint density at radius 1 is 0.500 bits per heavy atom. The predicted octanol–water partition coefficient (Wildman–Crippen LogP) is 9.46. The van der Waals surface area contributed by atoms with Gasteiger partial charge in [-0.15, -0.1) is 11.8 Å². The third-order valence-electron chi connectivity index (χ3n) is 5.97. The van der Waals surface area contributed by atoms with Crippen LogP contribution in [0.1, 0.15) is 161 Å². The third kappa shape index (κ3) is 27.0. The fourth-order valence-corrected chi connectivity index (χ4v) is 3.96. The predicted molar refractivity (Wildman–Crippen MR) is 132 cm³/mol. The van der Waals surface area contributed by atoms with E-state index in [1.165, 1.54) is 116 Å². The second-order valence-electron chi connectivity index (χ2n) is 9.07. The number of hydrogen-bond donors (Lipinski definition) is 1. The van der Waals surface area contributed by atoms with E-state index in [1.807, 2.05) is 0 Å². The number of carboxylic acids is 1. The van der Waals surface area contributed by atoms with Gasteiger partial charge in [0, 0.05) is 19.3 Å². The fraction of sp³-hybridized carbons (Fsp3) is 0.893. The van der Waals surface area contributed by atoms with E-state index in [1.54, 1.807) is 0 Å². The van der Waals surface area contributed by atoms with Crippen molar-refractivity contribution in [3.8, 4) is 11.8 Å². The molecule has 2 heteroatoms. The van der Waals surface area contributed by atoms with E-state index in [2.05, 4.69) is 18.8 Å². The third-order valence-corrected chi connectivity index (χ3v) is 5.97. The minimum Gasteiger partial charge on any atom is -0.481 e. The van der Waals surface area contributed by atoms with Crippen LogP contribution in [0.25, 0.3) is 0 Å². The Kier molecular flexibility index (Phi) is 25.2. The van der Waals surface area contributed by atoms with Crippen LogP contribution in [-0.2, 0) is 4.79 Å². The summed E-state index contributed by atoms with van der Waals surface area (Å²) in [6.07, 6.45) is 30.4. The molecule has 0 aliphatic heterocycles. The standard InChI is InChI=1S/C28H52O2/c1-2-3-4-5-6-7-8-9-10-11-12-13-14-15-16-17-18-19-20-21-22-23-24-25-26-27-28(29)30/h2-18,21-27H2,1H3,(H,29,30). The molecule has 0 aliphatic carbocycles. The second-order valence-corrected chi connectivity index (χ2v) is 9.07. The van der Waals surface area contributed by atoms with E-state index in [9.17, 15) is 4.79 Å². The van der Waals surface area contributed by atoms with Crippen LogP contribution in [0.5, 0.6) is 0 Å². The molecule has 0 rings (SSSR count). The van der Waals surface area contributed by atoms with Gasteiger partial charge in [-0.2, -0.15) is 0 Å². The molecule has 1 N–H and O–H groups in total. The molecule has 0 aromatic rings. The van der Waals surface area contributed by atoms with E-state index in [0.717, 1.165) is 32.1 Å². The van der Waals surface area contributed by atoms with E-state index in [4.69, 9.17) is 5.11 Å². The molecule has 0 saturated heterocycles. The zero-order valence-electron chi connectivity index (χ0n) is 20.3. The fourth-order valence-electron chi connectivity index (χ4n) is 3.96. The van der Waals surface area contributed by atoms with Gasteiger partial charge in [0.05, 0.1) is 0 Å². The largest absolute Gasteiger partial charge is 0.481 e. The maximum atomic E-state index is 10.4. The van der Waals surface area contributed by atoms with E-state index in [0.29, 0.717) is 6.42 Å². The second kappa shape index (κ2) is 26.1. The van der Waals surface area contributed by atoms with Crippen LogP contribution in [0, 0.1) is 11.8 Å². The molecule has 0 bridgehead atoms. The van der Waals surface area contributed by atoms with Crippen molar-refractivity contribution in [2.75, 3.05) is 0 Å². The molecular weight excluding hydrogens is 368 g/mol. The normalized spacial score (nSPS) is 10.7. The topological polar surface area (TPSA) is 37.3 Å². The molecule has 0 spiro atoms. The first-order chi connectivity index (χ1) is 14.8. The monoisotopic (exact) mass is 420 g/mol. The van der Waals surface area contributed by atoms with Gasteiger partial charge >= 0.3 is 5.97 Å². The van der Waals surface area contributed by atoms with Gasteiger partial charge in [0.1, 0.15) is 0 Å². The molecule has 30 heavy (non-hydrogen) atoms. The van der Waals surface area contributed by atoms with Crippen molar-refractivity contribution in [2.45, 2.75) is 161 Å². The summed E-state index contributed by atoms with van der Waals surface area (Å²) in [6.45, 7) is 2.29. The molecule has 0 unspecified atom stereocenters. The van der Waals surface area contributed by atoms with Gasteiger partial charge in [-0.3, -0.25) is 4.79 Å². The molecule has 0 saturated carbocycles. The smallest absolute Gasteiger partial charge is 0.303 e. The van der Waals surface area contributed by atoms with Crippen LogP contribution in [0.15, 0.2) is 0 Å². The van der Waals surface area contributed by atoms with Crippen LogP contribution in [0.2, 0.25) is 0 Å². The molecule has 0 radical (unpaired) electrons. The first-order valence-electron chi connectivity index (χ1n) is 13.4. The highest BCUT2D eigenvalue weighted by Crippen LogP contribution is 2.14. The lowest BCUT2D eigenvalue weighted by molar-refractivity contribution is -0.137. The van der Waals surface area contributed by atoms with Crippen molar-refractivity contribution in [2.24, 2.45) is 0 Å². The first-order valence-corrected chi connectivity index (χ1v) is 13.4. The molecule has 0 amide bonds. The van der Waals surface area contributed by atoms with E-state index >= 15 is 0 Å². The number of hydrogen-bond acceptors (Lipinski definition) is 1. The van der Waals surface area contributed by atoms with Gasteiger partial charge in [0.15, 0.2) is 0 Å². The Balaban J connectivity index is 3.10. The number of aliphatic carboxylic acids is 1. The Morgan fingerprint density at radius 2 is 0.800 bits per heavy atom. The van der Waals surface area contributed by atoms with Crippen molar-refractivity contribution in [3.05, 3.63) is 0 Å². The zero-order valence-corrected chi connectivity index (χ0v) is 20.3. The minimum absolute atomic E-state index is 0.319. The van der Waals surface area contributed by atoms with E-state index in [-0.39, 0.29) is 0 Å². The molecule has 0 aromatic heterocycles. The van der Waals surface area contributed by atoms with Gasteiger partial charge in [-0.1, -0.05) is 122 Å². The van der Waals surface area contributed by atoms with Crippen molar-refractivity contribution >= 4 is 5.97 Å². The number of carboxylic acid groups (broad SMARTS) is 1. The summed E-state index contributed by atoms with van der Waals surface area (Å²) in [5, 5.41) is 8.58. The minimum atomic E-state index is -0.671. The lowest BCUT2D eigenvalue weighted by atomic mass is 10.0. The van der Waals surface area contributed by atoms with Gasteiger partial charge < -0.3 is 5.11 Å². The SMILES string of the molecule is CCCCCCCCCCCCCCCCCCC#CCCCCCCCC(=O)O. The maximum Gasteiger partial charge on any atom is 0.303 e. The van der Waals surface area contributed by atoms with Crippen molar-refractivity contribution in [1.29, 1.82) is 0 Å². The molecule has 0 atom stereocenters. The molecule has 176 valence electrons. The quantitative estimate of drug-likeness (QED) is 0.132. The summed E-state index contributed by atoms with van der Waals surface area (Å²) >= 11 is 0. The molecule has 0 heterocycles. The number of unbranched alkanes of at least 4 members (excludes halogenated alkanes) is 21. The summed E-state index contributed by atoms with van der Waals surface area (Å²) in [5.41, 5.74) is 0. The Hall–Kier alpha value is -0.970. The van der Waals surface area contributed by atoms with Gasteiger partial charge in [0.25, 0.3) is 0 Å². The lowest BCUT2D eigenvalue weighted by Crippen LogP contribution is -1.93. The Labute approximate surface area is 189 Å².